The molecule has 0 aromatic heterocycles. The number of sulfonamides is 2. The molecular formula is C22H42F6N2O4S2. The van der Waals surface area contributed by atoms with Gasteiger partial charge in [0.15, 0.2) is 20.0 Å². The molecule has 2 atom stereocenters. The largest absolute Gasteiger partial charge is 0.480 e. The van der Waals surface area contributed by atoms with Crippen LogP contribution in [0.2, 0.25) is 0 Å². The maximum atomic E-state index is 11.4. The van der Waals surface area contributed by atoms with E-state index in [0.29, 0.717) is 0 Å². The highest BCUT2D eigenvalue weighted by atomic mass is 32.3. The number of likely N-dealkylation sites (tertiary alicyclic amines) is 1. The molecule has 0 radical (unpaired) electrons. The molecule has 1 saturated heterocycles. The molecule has 14 heteroatoms. The van der Waals surface area contributed by atoms with Gasteiger partial charge in [-0.2, -0.15) is 26.3 Å². The number of rotatable bonds is 15. The second-order valence-electron chi connectivity index (χ2n) is 9.51. The summed E-state index contributed by atoms with van der Waals surface area (Å²) < 4.78 is 109. The molecule has 0 saturated carbocycles. The van der Waals surface area contributed by atoms with Crippen LogP contribution in [-0.4, -0.2) is 47.5 Å². The number of quaternary nitrogens is 1. The summed E-state index contributed by atoms with van der Waals surface area (Å²) in [6.45, 7) is 9.07. The lowest BCUT2D eigenvalue weighted by Crippen LogP contribution is -3.13. The number of hydrogen-bond donors (Lipinski definition) is 1. The summed E-state index contributed by atoms with van der Waals surface area (Å²) >= 11 is 0. The number of piperidine rings is 1. The van der Waals surface area contributed by atoms with Crippen LogP contribution in [0.5, 0.6) is 0 Å². The quantitative estimate of drug-likeness (QED) is 0.190. The zero-order chi connectivity index (χ0) is 27.9. The van der Waals surface area contributed by atoms with Gasteiger partial charge in [0.1, 0.15) is 0 Å². The average molecular weight is 577 g/mol. The highest BCUT2D eigenvalue weighted by molar-refractivity contribution is 8.13. The van der Waals surface area contributed by atoms with E-state index in [2.05, 4.69) is 13.8 Å². The first kappa shape index (κ1) is 35.4. The Labute approximate surface area is 212 Å². The molecule has 1 heterocycles. The first-order chi connectivity index (χ1) is 16.5. The number of halogens is 6. The van der Waals surface area contributed by atoms with Crippen LogP contribution < -0.4 is 4.90 Å². The lowest BCUT2D eigenvalue weighted by molar-refractivity contribution is -0.908. The molecule has 218 valence electrons. The van der Waals surface area contributed by atoms with Crippen LogP contribution in [0.4, 0.5) is 26.3 Å². The molecule has 1 N–H and O–H groups in total. The molecule has 0 amide bonds. The van der Waals surface area contributed by atoms with Crippen molar-refractivity contribution in [1.29, 1.82) is 0 Å². The second-order valence-corrected chi connectivity index (χ2v) is 12.9. The number of unbranched alkanes of at least 4 members (excludes halogenated alkanes) is 11. The summed E-state index contributed by atoms with van der Waals surface area (Å²) in [5.41, 5.74) is -12.4. The summed E-state index contributed by atoms with van der Waals surface area (Å²) in [4.78, 5) is 1.89. The molecule has 0 aliphatic carbocycles. The van der Waals surface area contributed by atoms with Crippen molar-refractivity contribution in [2.75, 3.05) is 19.6 Å². The van der Waals surface area contributed by atoms with Crippen LogP contribution in [0.25, 0.3) is 4.13 Å². The van der Waals surface area contributed by atoms with E-state index in [1.54, 1.807) is 0 Å². The van der Waals surface area contributed by atoms with Crippen LogP contribution >= 0.6 is 0 Å². The molecule has 0 bridgehead atoms. The second kappa shape index (κ2) is 17.1. The van der Waals surface area contributed by atoms with Crippen molar-refractivity contribution in [2.24, 2.45) is 5.92 Å². The lowest BCUT2D eigenvalue weighted by atomic mass is 10.00. The van der Waals surface area contributed by atoms with Crippen molar-refractivity contribution in [3.05, 3.63) is 4.13 Å². The van der Waals surface area contributed by atoms with Gasteiger partial charge in [0.2, 0.25) is 0 Å². The Hall–Kier alpha value is -0.600. The van der Waals surface area contributed by atoms with Gasteiger partial charge in [0.05, 0.1) is 19.6 Å². The van der Waals surface area contributed by atoms with Crippen molar-refractivity contribution in [2.45, 2.75) is 115 Å². The maximum absolute atomic E-state index is 11.4. The van der Waals surface area contributed by atoms with Gasteiger partial charge in [0, 0.05) is 5.92 Å². The van der Waals surface area contributed by atoms with Crippen LogP contribution in [0, 0.1) is 5.92 Å². The minimum atomic E-state index is -6.72. The Bertz CT molecular complexity index is 745. The van der Waals surface area contributed by atoms with Crippen molar-refractivity contribution in [3.63, 3.8) is 0 Å². The smallest absolute Gasteiger partial charge is 0.421 e. The van der Waals surface area contributed by atoms with E-state index in [1.807, 2.05) is 4.90 Å². The normalized spacial score (nSPS) is 19.6. The molecule has 1 rings (SSSR count). The maximum Gasteiger partial charge on any atom is 0.480 e. The van der Waals surface area contributed by atoms with Crippen LogP contribution in [-0.2, 0) is 20.0 Å². The molecule has 6 nitrogen and oxygen atoms in total. The number of alkyl halides is 6. The summed E-state index contributed by atoms with van der Waals surface area (Å²) in [5, 5.41) is 0. The van der Waals surface area contributed by atoms with Gasteiger partial charge in [-0.25, -0.2) is 16.8 Å². The van der Waals surface area contributed by atoms with Crippen molar-refractivity contribution < 1.29 is 48.1 Å². The third kappa shape index (κ3) is 15.6. The molecule has 1 aliphatic rings. The van der Waals surface area contributed by atoms with Gasteiger partial charge >= 0.3 is 11.0 Å². The van der Waals surface area contributed by atoms with E-state index in [9.17, 15) is 43.2 Å². The van der Waals surface area contributed by atoms with Gasteiger partial charge in [-0.3, -0.25) is 0 Å². The number of nitrogens with one attached hydrogen (secondary N) is 1. The Balaban J connectivity index is 0.000000723. The molecule has 36 heavy (non-hydrogen) atoms. The third-order valence-electron chi connectivity index (χ3n) is 6.03. The van der Waals surface area contributed by atoms with E-state index in [1.165, 1.54) is 110 Å². The lowest BCUT2D eigenvalue weighted by Gasteiger charge is -2.27. The van der Waals surface area contributed by atoms with Gasteiger partial charge in [-0.05, 0) is 25.7 Å². The molecular weight excluding hydrogens is 534 g/mol. The first-order valence-corrected chi connectivity index (χ1v) is 15.6. The van der Waals surface area contributed by atoms with E-state index in [0.717, 1.165) is 10.0 Å². The van der Waals surface area contributed by atoms with Gasteiger partial charge in [-0.1, -0.05) is 78.1 Å². The molecule has 0 spiro atoms. The highest BCUT2D eigenvalue weighted by Crippen LogP contribution is 2.36. The topological polar surface area (TPSA) is 86.8 Å². The molecule has 1 aliphatic heterocycles. The van der Waals surface area contributed by atoms with E-state index in [4.69, 9.17) is 0 Å². The molecule has 0 aromatic rings. The van der Waals surface area contributed by atoms with Crippen LogP contribution in [0.1, 0.15) is 104 Å². The van der Waals surface area contributed by atoms with E-state index in [-0.39, 0.29) is 0 Å². The number of hydrogen-bond acceptors (Lipinski definition) is 4. The molecule has 0 aromatic carbocycles. The minimum Gasteiger partial charge on any atom is -0.421 e. The van der Waals surface area contributed by atoms with Crippen LogP contribution in [0.3, 0.4) is 0 Å². The summed E-state index contributed by atoms with van der Waals surface area (Å²) in [6.07, 6.45) is 20.6. The Morgan fingerprint density at radius 2 is 1.11 bits per heavy atom. The zero-order valence-electron chi connectivity index (χ0n) is 21.3. The Morgan fingerprint density at radius 3 is 1.47 bits per heavy atom. The van der Waals surface area contributed by atoms with Crippen molar-refractivity contribution in [1.82, 2.24) is 0 Å². The monoisotopic (exact) mass is 576 g/mol. The third-order valence-corrected chi connectivity index (χ3v) is 8.77. The van der Waals surface area contributed by atoms with Gasteiger partial charge in [0.25, 0.3) is 0 Å². The SMILES string of the molecule is CCCCCCCCCCCCCC[NH+]1CCCC(C)C1.O=S(=O)([N-]S(=O)(=O)C(F)(F)F)C(F)(F)F. The average Bonchev–Trinajstić information content (AvgIpc) is 2.73. The first-order valence-electron chi connectivity index (χ1n) is 12.7. The zero-order valence-corrected chi connectivity index (χ0v) is 22.9. The molecule has 1 fully saturated rings. The van der Waals surface area contributed by atoms with Crippen molar-refractivity contribution in [3.8, 4) is 0 Å². The Morgan fingerprint density at radius 1 is 0.722 bits per heavy atom. The Kier molecular flexibility index (Phi) is 16.8. The minimum absolute atomic E-state index is 0.778. The molecule has 2 unspecified atom stereocenters. The van der Waals surface area contributed by atoms with Gasteiger partial charge < -0.3 is 9.03 Å². The fourth-order valence-corrected chi connectivity index (χ4v) is 5.76. The van der Waals surface area contributed by atoms with Gasteiger partial charge in [-0.15, -0.1) is 0 Å². The summed E-state index contributed by atoms with van der Waals surface area (Å²) in [5.74, 6) is 0.978. The van der Waals surface area contributed by atoms with E-state index < -0.39 is 31.1 Å². The standard InChI is InChI=1S/C20H41N.C2F6NO4S2/c1-3-4-5-6-7-8-9-10-11-12-13-14-17-21-18-15-16-20(2)19-21;3-1(4,5)14(10,11)9-15(12,13)2(6,7)8/h20H,3-19H2,1-2H3;/q;-1/p+1. The predicted molar refractivity (Wildman–Crippen MR) is 128 cm³/mol. The summed E-state index contributed by atoms with van der Waals surface area (Å²) in [7, 11) is -13.4. The van der Waals surface area contributed by atoms with Crippen molar-refractivity contribution >= 4 is 20.0 Å². The summed E-state index contributed by atoms with van der Waals surface area (Å²) in [6, 6.07) is 0. The van der Waals surface area contributed by atoms with E-state index >= 15 is 0 Å². The highest BCUT2D eigenvalue weighted by Gasteiger charge is 2.46. The fourth-order valence-electron chi connectivity index (χ4n) is 4.05. The number of nitrogens with zero attached hydrogens (tertiary/aromatic N) is 1. The van der Waals surface area contributed by atoms with Crippen LogP contribution in [0.15, 0.2) is 0 Å². The predicted octanol–water partition coefficient (Wildman–Crippen LogP) is 6.06. The fraction of sp³-hybridized carbons (Fsp3) is 1.00.